The van der Waals surface area contributed by atoms with Crippen LogP contribution in [-0.4, -0.2) is 25.7 Å². The van der Waals surface area contributed by atoms with E-state index in [9.17, 15) is 4.79 Å². The molecule has 0 atom stereocenters. The van der Waals surface area contributed by atoms with Crippen LogP contribution >= 0.6 is 11.6 Å². The van der Waals surface area contributed by atoms with Crippen molar-refractivity contribution in [1.29, 1.82) is 0 Å². The average molecular weight is 259 g/mol. The third-order valence-electron chi connectivity index (χ3n) is 2.01. The molecule has 1 amide bonds. The van der Waals surface area contributed by atoms with E-state index < -0.39 is 5.91 Å². The molecule has 0 aliphatic carbocycles. The zero-order valence-electron chi connectivity index (χ0n) is 9.53. The molecule has 94 valence electrons. The van der Waals surface area contributed by atoms with E-state index in [4.69, 9.17) is 26.9 Å². The van der Waals surface area contributed by atoms with Crippen LogP contribution in [-0.2, 0) is 4.74 Å². The zero-order valence-corrected chi connectivity index (χ0v) is 10.3. The smallest absolute Gasteiger partial charge is 0.268 e. The lowest BCUT2D eigenvalue weighted by atomic mass is 10.2. The Hall–Kier alpha value is -1.30. The largest absolute Gasteiger partial charge is 0.490 e. The van der Waals surface area contributed by atoms with Gasteiger partial charge in [0, 0.05) is 11.6 Å². The summed E-state index contributed by atoms with van der Waals surface area (Å²) in [6, 6.07) is 4.77. The zero-order chi connectivity index (χ0) is 12.7. The number of rotatable bonds is 6. The highest BCUT2D eigenvalue weighted by Gasteiger charge is 2.12. The van der Waals surface area contributed by atoms with Gasteiger partial charge in [0.1, 0.15) is 12.4 Å². The standard InChI is InChI=1S/C11H15ClN2O3/c1-2-16-5-6-17-10-4-3-8(12)7-9(10)11(15)14-13/h3-4,7H,2,5-6,13H2,1H3,(H,14,15). The van der Waals surface area contributed by atoms with Gasteiger partial charge in [0.2, 0.25) is 0 Å². The molecule has 5 nitrogen and oxygen atoms in total. The second-order valence-electron chi connectivity index (χ2n) is 3.16. The van der Waals surface area contributed by atoms with Gasteiger partial charge < -0.3 is 9.47 Å². The van der Waals surface area contributed by atoms with E-state index in [-0.39, 0.29) is 0 Å². The van der Waals surface area contributed by atoms with Crippen LogP contribution in [0, 0.1) is 0 Å². The number of ether oxygens (including phenoxy) is 2. The fraction of sp³-hybridized carbons (Fsp3) is 0.364. The summed E-state index contributed by atoms with van der Waals surface area (Å²) in [4.78, 5) is 11.5. The van der Waals surface area contributed by atoms with Gasteiger partial charge in [-0.3, -0.25) is 10.2 Å². The number of hydrogen-bond acceptors (Lipinski definition) is 4. The number of nitrogen functional groups attached to an aromatic ring is 1. The summed E-state index contributed by atoms with van der Waals surface area (Å²) >= 11 is 5.80. The highest BCUT2D eigenvalue weighted by Crippen LogP contribution is 2.22. The molecule has 1 rings (SSSR count). The molecule has 1 aromatic carbocycles. The van der Waals surface area contributed by atoms with Gasteiger partial charge in [0.25, 0.3) is 5.91 Å². The molecule has 0 unspecified atom stereocenters. The van der Waals surface area contributed by atoms with Gasteiger partial charge in [-0.05, 0) is 25.1 Å². The number of hydrazine groups is 1. The number of amides is 1. The number of halogens is 1. The van der Waals surface area contributed by atoms with Crippen molar-refractivity contribution in [2.75, 3.05) is 19.8 Å². The highest BCUT2D eigenvalue weighted by molar-refractivity contribution is 6.31. The van der Waals surface area contributed by atoms with Crippen molar-refractivity contribution in [1.82, 2.24) is 5.43 Å². The molecule has 0 spiro atoms. The SMILES string of the molecule is CCOCCOc1ccc(Cl)cc1C(=O)NN. The van der Waals surface area contributed by atoms with Gasteiger partial charge in [0.15, 0.2) is 0 Å². The number of nitrogens with two attached hydrogens (primary N) is 1. The Kier molecular flexibility index (Phi) is 5.76. The predicted octanol–water partition coefficient (Wildman–Crippen LogP) is 1.36. The molecular formula is C11H15ClN2O3. The van der Waals surface area contributed by atoms with Crippen molar-refractivity contribution in [3.8, 4) is 5.75 Å². The van der Waals surface area contributed by atoms with Crippen molar-refractivity contribution in [2.24, 2.45) is 5.84 Å². The van der Waals surface area contributed by atoms with Gasteiger partial charge in [-0.2, -0.15) is 0 Å². The maximum Gasteiger partial charge on any atom is 0.268 e. The van der Waals surface area contributed by atoms with Crippen LogP contribution in [0.4, 0.5) is 0 Å². The molecule has 0 bridgehead atoms. The Morgan fingerprint density at radius 3 is 2.88 bits per heavy atom. The summed E-state index contributed by atoms with van der Waals surface area (Å²) in [5.74, 6) is 5.06. The van der Waals surface area contributed by atoms with Crippen LogP contribution in [0.2, 0.25) is 5.02 Å². The molecule has 0 aliphatic heterocycles. The van der Waals surface area contributed by atoms with E-state index in [0.717, 1.165) is 0 Å². The van der Waals surface area contributed by atoms with E-state index in [0.29, 0.717) is 36.2 Å². The number of benzene rings is 1. The van der Waals surface area contributed by atoms with Gasteiger partial charge in [-0.1, -0.05) is 11.6 Å². The maximum atomic E-state index is 11.5. The summed E-state index contributed by atoms with van der Waals surface area (Å²) in [6.45, 7) is 3.35. The predicted molar refractivity (Wildman–Crippen MR) is 65.1 cm³/mol. The first-order valence-electron chi connectivity index (χ1n) is 5.20. The van der Waals surface area contributed by atoms with Crippen LogP contribution in [0.15, 0.2) is 18.2 Å². The van der Waals surface area contributed by atoms with Crippen LogP contribution in [0.3, 0.4) is 0 Å². The first-order valence-corrected chi connectivity index (χ1v) is 5.58. The van der Waals surface area contributed by atoms with Crippen molar-refractivity contribution in [3.05, 3.63) is 28.8 Å². The molecular weight excluding hydrogens is 244 g/mol. The molecule has 0 aromatic heterocycles. The fourth-order valence-corrected chi connectivity index (χ4v) is 1.41. The van der Waals surface area contributed by atoms with Crippen molar-refractivity contribution in [2.45, 2.75) is 6.92 Å². The van der Waals surface area contributed by atoms with Crippen LogP contribution in [0.25, 0.3) is 0 Å². The van der Waals surface area contributed by atoms with Crippen LogP contribution in [0.5, 0.6) is 5.75 Å². The Bertz CT molecular complexity index is 385. The lowest BCUT2D eigenvalue weighted by Crippen LogP contribution is -2.30. The first kappa shape index (κ1) is 13.8. The molecule has 0 fully saturated rings. The van der Waals surface area contributed by atoms with E-state index >= 15 is 0 Å². The van der Waals surface area contributed by atoms with Crippen LogP contribution in [0.1, 0.15) is 17.3 Å². The van der Waals surface area contributed by atoms with Gasteiger partial charge in [-0.25, -0.2) is 5.84 Å². The topological polar surface area (TPSA) is 73.6 Å². The quantitative estimate of drug-likeness (QED) is 0.350. The summed E-state index contributed by atoms with van der Waals surface area (Å²) in [5, 5.41) is 0.445. The maximum absolute atomic E-state index is 11.5. The van der Waals surface area contributed by atoms with Crippen LogP contribution < -0.4 is 16.0 Å². The molecule has 0 saturated heterocycles. The third-order valence-corrected chi connectivity index (χ3v) is 2.24. The Balaban J connectivity index is 2.72. The first-order chi connectivity index (χ1) is 8.19. The molecule has 1 aromatic rings. The fourth-order valence-electron chi connectivity index (χ4n) is 1.24. The van der Waals surface area contributed by atoms with E-state index in [2.05, 4.69) is 0 Å². The normalized spacial score (nSPS) is 10.1. The summed E-state index contributed by atoms with van der Waals surface area (Å²) in [7, 11) is 0. The van der Waals surface area contributed by atoms with E-state index in [1.807, 2.05) is 12.3 Å². The minimum atomic E-state index is -0.445. The Morgan fingerprint density at radius 1 is 1.47 bits per heavy atom. The van der Waals surface area contributed by atoms with E-state index in [1.54, 1.807) is 12.1 Å². The summed E-state index contributed by atoms with van der Waals surface area (Å²) in [6.07, 6.45) is 0. The highest BCUT2D eigenvalue weighted by atomic mass is 35.5. The molecule has 17 heavy (non-hydrogen) atoms. The van der Waals surface area contributed by atoms with Crippen molar-refractivity contribution < 1.29 is 14.3 Å². The molecule has 0 aliphatic rings. The lowest BCUT2D eigenvalue weighted by Gasteiger charge is -2.10. The summed E-state index contributed by atoms with van der Waals surface area (Å²) in [5.41, 5.74) is 2.34. The van der Waals surface area contributed by atoms with E-state index in [1.165, 1.54) is 6.07 Å². The number of carbonyl (C=O) groups excluding carboxylic acids is 1. The molecule has 6 heteroatoms. The second-order valence-corrected chi connectivity index (χ2v) is 3.60. The van der Waals surface area contributed by atoms with Gasteiger partial charge in [-0.15, -0.1) is 0 Å². The molecule has 0 radical (unpaired) electrons. The Morgan fingerprint density at radius 2 is 2.24 bits per heavy atom. The summed E-state index contributed by atoms with van der Waals surface area (Å²) < 4.78 is 10.5. The minimum Gasteiger partial charge on any atom is -0.490 e. The molecule has 0 saturated carbocycles. The van der Waals surface area contributed by atoms with Crippen molar-refractivity contribution >= 4 is 17.5 Å². The van der Waals surface area contributed by atoms with Crippen molar-refractivity contribution in [3.63, 3.8) is 0 Å². The monoisotopic (exact) mass is 258 g/mol. The number of hydrogen-bond donors (Lipinski definition) is 2. The van der Waals surface area contributed by atoms with Gasteiger partial charge in [0.05, 0.1) is 12.2 Å². The minimum absolute atomic E-state index is 0.302. The number of nitrogens with one attached hydrogen (secondary N) is 1. The number of carbonyl (C=O) groups is 1. The lowest BCUT2D eigenvalue weighted by molar-refractivity contribution is 0.0936. The molecule has 0 heterocycles. The third kappa shape index (κ3) is 4.22. The average Bonchev–Trinajstić information content (AvgIpc) is 2.35. The Labute approximate surface area is 105 Å². The molecule has 3 N–H and O–H groups in total. The second kappa shape index (κ2) is 7.11. The van der Waals surface area contributed by atoms with Gasteiger partial charge >= 0.3 is 0 Å².